The highest BCUT2D eigenvalue weighted by molar-refractivity contribution is 5.75. The van der Waals surface area contributed by atoms with Crippen LogP contribution in [0.5, 0.6) is 5.75 Å². The smallest absolute Gasteiger partial charge is 0.167 e. The third kappa shape index (κ3) is 2.96. The van der Waals surface area contributed by atoms with Crippen LogP contribution in [0.15, 0.2) is 36.4 Å². The fourth-order valence-corrected chi connectivity index (χ4v) is 1.80. The molecule has 0 bridgehead atoms. The van der Waals surface area contributed by atoms with Crippen LogP contribution in [0.3, 0.4) is 0 Å². The number of anilines is 3. The summed E-state index contributed by atoms with van der Waals surface area (Å²) in [6.45, 7) is 4.19. The molecule has 0 radical (unpaired) electrons. The van der Waals surface area contributed by atoms with E-state index in [4.69, 9.17) is 10.5 Å². The largest absolute Gasteiger partial charge is 0.491 e. The van der Waals surface area contributed by atoms with Gasteiger partial charge in [0, 0.05) is 11.8 Å². The number of hydrogen-bond donors (Lipinski definition) is 2. The molecule has 0 aliphatic rings. The minimum atomic E-state index is -0.391. The molecule has 0 aromatic heterocycles. The van der Waals surface area contributed by atoms with Crippen molar-refractivity contribution in [1.82, 2.24) is 0 Å². The zero-order chi connectivity index (χ0) is 13.8. The van der Waals surface area contributed by atoms with Gasteiger partial charge in [-0.1, -0.05) is 12.1 Å². The van der Waals surface area contributed by atoms with E-state index >= 15 is 0 Å². The maximum atomic E-state index is 13.7. The molecule has 0 saturated heterocycles. The van der Waals surface area contributed by atoms with Crippen molar-refractivity contribution < 1.29 is 9.13 Å². The van der Waals surface area contributed by atoms with Gasteiger partial charge in [0.25, 0.3) is 0 Å². The maximum Gasteiger partial charge on any atom is 0.167 e. The average Bonchev–Trinajstić information content (AvgIpc) is 2.38. The van der Waals surface area contributed by atoms with Gasteiger partial charge in [0.15, 0.2) is 11.6 Å². The van der Waals surface area contributed by atoms with Crippen LogP contribution in [0.1, 0.15) is 12.5 Å². The lowest BCUT2D eigenvalue weighted by molar-refractivity contribution is 0.321. The molecule has 0 fully saturated rings. The van der Waals surface area contributed by atoms with Gasteiger partial charge < -0.3 is 15.8 Å². The van der Waals surface area contributed by atoms with Crippen LogP contribution in [-0.4, -0.2) is 6.61 Å². The number of nitrogen functional groups attached to an aromatic ring is 1. The first-order chi connectivity index (χ1) is 9.11. The first-order valence-corrected chi connectivity index (χ1v) is 6.16. The molecule has 0 amide bonds. The monoisotopic (exact) mass is 260 g/mol. The van der Waals surface area contributed by atoms with Gasteiger partial charge in [-0.15, -0.1) is 0 Å². The second-order valence-corrected chi connectivity index (χ2v) is 4.24. The zero-order valence-electron chi connectivity index (χ0n) is 11.0. The fraction of sp³-hybridized carbons (Fsp3) is 0.200. The number of benzene rings is 2. The predicted octanol–water partition coefficient (Wildman–Crippen LogP) is 3.86. The third-order valence-electron chi connectivity index (χ3n) is 2.83. The van der Waals surface area contributed by atoms with Gasteiger partial charge in [-0.2, -0.15) is 0 Å². The van der Waals surface area contributed by atoms with E-state index in [2.05, 4.69) is 5.32 Å². The minimum absolute atomic E-state index is 0.255. The molecule has 2 aromatic rings. The highest BCUT2D eigenvalue weighted by atomic mass is 19.1. The summed E-state index contributed by atoms with van der Waals surface area (Å²) in [4.78, 5) is 0. The number of nitrogens with one attached hydrogen (secondary N) is 1. The van der Waals surface area contributed by atoms with E-state index < -0.39 is 5.82 Å². The Morgan fingerprint density at radius 1 is 1.26 bits per heavy atom. The zero-order valence-corrected chi connectivity index (χ0v) is 11.0. The van der Waals surface area contributed by atoms with Crippen molar-refractivity contribution in [2.75, 3.05) is 17.7 Å². The van der Waals surface area contributed by atoms with E-state index in [-0.39, 0.29) is 5.75 Å². The highest BCUT2D eigenvalue weighted by Gasteiger charge is 2.06. The van der Waals surface area contributed by atoms with Gasteiger partial charge in [0.05, 0.1) is 18.0 Å². The molecule has 0 spiro atoms. The summed E-state index contributed by atoms with van der Waals surface area (Å²) in [6, 6.07) is 10.4. The van der Waals surface area contributed by atoms with Crippen LogP contribution in [0, 0.1) is 12.7 Å². The molecule has 0 unspecified atom stereocenters. The van der Waals surface area contributed by atoms with Crippen molar-refractivity contribution in [2.24, 2.45) is 0 Å². The van der Waals surface area contributed by atoms with E-state index in [0.717, 1.165) is 11.3 Å². The quantitative estimate of drug-likeness (QED) is 0.821. The van der Waals surface area contributed by atoms with Crippen LogP contribution < -0.4 is 15.8 Å². The maximum absolute atomic E-state index is 13.7. The number of nitrogens with two attached hydrogens (primary N) is 1. The molecule has 0 aliphatic carbocycles. The summed E-state index contributed by atoms with van der Waals surface area (Å²) >= 11 is 0. The SMILES string of the molecule is CCOc1ccc(Nc2cccc(C)c2N)cc1F. The molecule has 3 nitrogen and oxygen atoms in total. The van der Waals surface area contributed by atoms with Crippen LogP contribution >= 0.6 is 0 Å². The molecule has 19 heavy (non-hydrogen) atoms. The van der Waals surface area contributed by atoms with Crippen LogP contribution in [0.2, 0.25) is 0 Å². The molecule has 3 N–H and O–H groups in total. The van der Waals surface area contributed by atoms with Crippen molar-refractivity contribution in [3.8, 4) is 5.75 Å². The summed E-state index contributed by atoms with van der Waals surface area (Å²) in [7, 11) is 0. The van der Waals surface area contributed by atoms with Gasteiger partial charge in [-0.05, 0) is 37.6 Å². The second kappa shape index (κ2) is 5.61. The third-order valence-corrected chi connectivity index (χ3v) is 2.83. The Morgan fingerprint density at radius 2 is 2.05 bits per heavy atom. The fourth-order valence-electron chi connectivity index (χ4n) is 1.80. The Balaban J connectivity index is 2.24. The highest BCUT2D eigenvalue weighted by Crippen LogP contribution is 2.28. The summed E-state index contributed by atoms with van der Waals surface area (Å²) in [5.41, 5.74) is 9.02. The number of aryl methyl sites for hydroxylation is 1. The van der Waals surface area contributed by atoms with Gasteiger partial charge >= 0.3 is 0 Å². The molecule has 0 heterocycles. The van der Waals surface area contributed by atoms with Crippen LogP contribution in [0.25, 0.3) is 0 Å². The summed E-state index contributed by atoms with van der Waals surface area (Å²) in [5.74, 6) is -0.136. The standard InChI is InChI=1S/C15H17FN2O/c1-3-19-14-8-7-11(9-12(14)16)18-13-6-4-5-10(2)15(13)17/h4-9,18H,3,17H2,1-2H3. The predicted molar refractivity (Wildman–Crippen MR) is 76.4 cm³/mol. The Bertz CT molecular complexity index is 584. The number of halogens is 1. The topological polar surface area (TPSA) is 47.3 Å². The van der Waals surface area contributed by atoms with Gasteiger partial charge in [-0.25, -0.2) is 4.39 Å². The van der Waals surface area contributed by atoms with E-state index in [0.29, 0.717) is 18.0 Å². The second-order valence-electron chi connectivity index (χ2n) is 4.24. The van der Waals surface area contributed by atoms with Crippen molar-refractivity contribution in [2.45, 2.75) is 13.8 Å². The Hall–Kier alpha value is -2.23. The Morgan fingerprint density at radius 3 is 2.74 bits per heavy atom. The molecule has 0 saturated carbocycles. The lowest BCUT2D eigenvalue weighted by Crippen LogP contribution is -1.99. The van der Waals surface area contributed by atoms with E-state index in [1.165, 1.54) is 6.07 Å². The van der Waals surface area contributed by atoms with Gasteiger partial charge in [-0.3, -0.25) is 0 Å². The van der Waals surface area contributed by atoms with Gasteiger partial charge in [0.1, 0.15) is 0 Å². The molecular formula is C15H17FN2O. The molecule has 2 aromatic carbocycles. The first kappa shape index (κ1) is 13.2. The minimum Gasteiger partial charge on any atom is -0.491 e. The van der Waals surface area contributed by atoms with Crippen molar-refractivity contribution in [3.05, 3.63) is 47.8 Å². The number of rotatable bonds is 4. The average molecular weight is 260 g/mol. The Labute approximate surface area is 112 Å². The summed E-state index contributed by atoms with van der Waals surface area (Å²) in [5, 5.41) is 3.10. The van der Waals surface area contributed by atoms with Crippen molar-refractivity contribution in [3.63, 3.8) is 0 Å². The van der Waals surface area contributed by atoms with E-state index in [1.54, 1.807) is 12.1 Å². The Kier molecular flexibility index (Phi) is 3.90. The lowest BCUT2D eigenvalue weighted by atomic mass is 10.1. The van der Waals surface area contributed by atoms with Crippen molar-refractivity contribution in [1.29, 1.82) is 0 Å². The number of para-hydroxylation sites is 1. The summed E-state index contributed by atoms with van der Waals surface area (Å²) < 4.78 is 18.9. The molecule has 100 valence electrons. The molecular weight excluding hydrogens is 243 g/mol. The summed E-state index contributed by atoms with van der Waals surface area (Å²) in [6.07, 6.45) is 0. The van der Waals surface area contributed by atoms with Crippen LogP contribution in [-0.2, 0) is 0 Å². The lowest BCUT2D eigenvalue weighted by Gasteiger charge is -2.12. The molecule has 4 heteroatoms. The molecule has 0 aliphatic heterocycles. The first-order valence-electron chi connectivity index (χ1n) is 6.16. The van der Waals surface area contributed by atoms with Crippen LogP contribution in [0.4, 0.5) is 21.5 Å². The number of ether oxygens (including phenoxy) is 1. The molecule has 0 atom stereocenters. The molecule has 2 rings (SSSR count). The number of hydrogen-bond acceptors (Lipinski definition) is 3. The van der Waals surface area contributed by atoms with E-state index in [9.17, 15) is 4.39 Å². The van der Waals surface area contributed by atoms with Crippen molar-refractivity contribution >= 4 is 17.1 Å². The normalized spacial score (nSPS) is 10.3. The van der Waals surface area contributed by atoms with Gasteiger partial charge in [0.2, 0.25) is 0 Å². The van der Waals surface area contributed by atoms with E-state index in [1.807, 2.05) is 32.0 Å².